The van der Waals surface area contributed by atoms with Crippen molar-refractivity contribution in [2.45, 2.75) is 32.2 Å². The van der Waals surface area contributed by atoms with E-state index in [0.717, 1.165) is 60.2 Å². The normalized spacial score (nSPS) is 19.3. The molecule has 1 fully saturated rings. The third-order valence-electron chi connectivity index (χ3n) is 6.64. The van der Waals surface area contributed by atoms with Crippen molar-refractivity contribution in [2.75, 3.05) is 19.6 Å². The van der Waals surface area contributed by atoms with Gasteiger partial charge in [0.05, 0.1) is 5.56 Å². The third-order valence-corrected chi connectivity index (χ3v) is 6.64. The minimum absolute atomic E-state index is 0.0877. The van der Waals surface area contributed by atoms with Gasteiger partial charge in [-0.25, -0.2) is 4.79 Å². The Balaban J connectivity index is 1.50. The molecule has 154 valence electrons. The van der Waals surface area contributed by atoms with Crippen molar-refractivity contribution in [3.63, 3.8) is 0 Å². The number of carboxylic acid groups (broad SMARTS) is 1. The van der Waals surface area contributed by atoms with Crippen LogP contribution >= 0.6 is 0 Å². The van der Waals surface area contributed by atoms with Crippen LogP contribution in [0.1, 0.15) is 51.2 Å². The number of benzene rings is 2. The zero-order valence-electron chi connectivity index (χ0n) is 17.0. The molecule has 2 heterocycles. The van der Waals surface area contributed by atoms with Gasteiger partial charge in [0, 0.05) is 41.2 Å². The first kappa shape index (κ1) is 19.1. The lowest BCUT2D eigenvalue weighted by Crippen LogP contribution is -2.34. The highest BCUT2D eigenvalue weighted by Gasteiger charge is 2.34. The van der Waals surface area contributed by atoms with Crippen molar-refractivity contribution in [3.05, 3.63) is 70.9 Å². The molecule has 0 saturated carbocycles. The smallest absolute Gasteiger partial charge is 0.335 e. The van der Waals surface area contributed by atoms with Crippen LogP contribution in [0.5, 0.6) is 0 Å². The summed E-state index contributed by atoms with van der Waals surface area (Å²) in [5.41, 5.74) is 4.44. The van der Waals surface area contributed by atoms with E-state index in [9.17, 15) is 9.59 Å². The van der Waals surface area contributed by atoms with Crippen LogP contribution in [-0.4, -0.2) is 46.0 Å². The number of nitrogens with zero attached hydrogens (tertiary/aromatic N) is 2. The van der Waals surface area contributed by atoms with Gasteiger partial charge < -0.3 is 14.6 Å². The number of carboxylic acids is 1. The number of likely N-dealkylation sites (tertiary alicyclic amines) is 1. The molecule has 1 aromatic heterocycles. The Labute approximate surface area is 175 Å². The molecule has 0 spiro atoms. The molecule has 2 aromatic carbocycles. The van der Waals surface area contributed by atoms with Crippen LogP contribution in [0.2, 0.25) is 0 Å². The number of ketones is 1. The number of Topliss-reactive ketones (excluding diaryl/α,β-unsaturated/α-hetero) is 1. The van der Waals surface area contributed by atoms with Crippen molar-refractivity contribution in [2.24, 2.45) is 5.92 Å². The van der Waals surface area contributed by atoms with Crippen LogP contribution in [-0.2, 0) is 13.0 Å². The Hall–Kier alpha value is -2.92. The van der Waals surface area contributed by atoms with Crippen molar-refractivity contribution in [3.8, 4) is 0 Å². The average Bonchev–Trinajstić information content (AvgIpc) is 3.37. The van der Waals surface area contributed by atoms with Crippen molar-refractivity contribution >= 4 is 22.7 Å². The maximum Gasteiger partial charge on any atom is 0.335 e. The van der Waals surface area contributed by atoms with Gasteiger partial charge in [-0.15, -0.1) is 0 Å². The molecule has 2 aliphatic rings. The molecule has 5 heteroatoms. The molecule has 1 aliphatic heterocycles. The summed E-state index contributed by atoms with van der Waals surface area (Å²) < 4.78 is 2.25. The molecule has 5 nitrogen and oxygen atoms in total. The first-order chi connectivity index (χ1) is 14.6. The van der Waals surface area contributed by atoms with Gasteiger partial charge in [0.15, 0.2) is 5.78 Å². The second-order valence-corrected chi connectivity index (χ2v) is 8.53. The Kier molecular flexibility index (Phi) is 4.91. The number of aromatic nitrogens is 1. The first-order valence-electron chi connectivity index (χ1n) is 10.8. The fourth-order valence-corrected chi connectivity index (χ4v) is 5.10. The van der Waals surface area contributed by atoms with Gasteiger partial charge >= 0.3 is 5.97 Å². The molecule has 5 rings (SSSR count). The third kappa shape index (κ3) is 3.33. The molecule has 0 radical (unpaired) electrons. The Bertz CT molecular complexity index is 1110. The number of para-hydroxylation sites is 1. The monoisotopic (exact) mass is 402 g/mol. The quantitative estimate of drug-likeness (QED) is 0.694. The van der Waals surface area contributed by atoms with Gasteiger partial charge in [0.1, 0.15) is 0 Å². The topological polar surface area (TPSA) is 62.5 Å². The zero-order chi connectivity index (χ0) is 20.7. The number of fused-ring (bicyclic) bond motifs is 3. The van der Waals surface area contributed by atoms with Gasteiger partial charge in [0.2, 0.25) is 0 Å². The van der Waals surface area contributed by atoms with Gasteiger partial charge in [-0.05, 0) is 62.5 Å². The van der Waals surface area contributed by atoms with E-state index < -0.39 is 5.97 Å². The van der Waals surface area contributed by atoms with Crippen molar-refractivity contribution < 1.29 is 14.7 Å². The molecular formula is C25H26N2O3. The number of carbonyl (C=O) groups excluding carboxylic acids is 1. The number of hydrogen-bond acceptors (Lipinski definition) is 3. The minimum atomic E-state index is -0.917. The van der Waals surface area contributed by atoms with Crippen LogP contribution in [0.4, 0.5) is 0 Å². The number of carbonyl (C=O) groups is 2. The maximum atomic E-state index is 13.5. The SMILES string of the molecule is O=C(O)c1ccc(Cn2c3c(c4ccccc42)C(=O)C(CN2CCCC2)CC3)cc1. The maximum absolute atomic E-state index is 13.5. The van der Waals surface area contributed by atoms with Crippen molar-refractivity contribution in [1.29, 1.82) is 0 Å². The molecule has 30 heavy (non-hydrogen) atoms. The fraction of sp³-hybridized carbons (Fsp3) is 0.360. The molecule has 3 aromatic rings. The van der Waals surface area contributed by atoms with E-state index in [1.807, 2.05) is 24.3 Å². The highest BCUT2D eigenvalue weighted by Crippen LogP contribution is 2.35. The Morgan fingerprint density at radius 2 is 1.77 bits per heavy atom. The van der Waals surface area contributed by atoms with Gasteiger partial charge in [-0.3, -0.25) is 4.79 Å². The summed E-state index contributed by atoms with van der Waals surface area (Å²) in [4.78, 5) is 27.1. The van der Waals surface area contributed by atoms with E-state index in [2.05, 4.69) is 21.6 Å². The van der Waals surface area contributed by atoms with Crippen LogP contribution in [0.3, 0.4) is 0 Å². The summed E-state index contributed by atoms with van der Waals surface area (Å²) in [6.45, 7) is 3.75. The van der Waals surface area contributed by atoms with Gasteiger partial charge in [0.25, 0.3) is 0 Å². The molecule has 1 atom stereocenters. The van der Waals surface area contributed by atoms with Crippen LogP contribution < -0.4 is 0 Å². The summed E-state index contributed by atoms with van der Waals surface area (Å²) in [6, 6.07) is 15.2. The highest BCUT2D eigenvalue weighted by atomic mass is 16.4. The van der Waals surface area contributed by atoms with Gasteiger partial charge in [-0.1, -0.05) is 30.3 Å². The second kappa shape index (κ2) is 7.73. The average molecular weight is 402 g/mol. The summed E-state index contributed by atoms with van der Waals surface area (Å²) in [5, 5.41) is 10.2. The van der Waals surface area contributed by atoms with E-state index >= 15 is 0 Å². The predicted molar refractivity (Wildman–Crippen MR) is 116 cm³/mol. The van der Waals surface area contributed by atoms with E-state index in [1.165, 1.54) is 12.8 Å². The Morgan fingerprint density at radius 1 is 1.03 bits per heavy atom. The summed E-state index contributed by atoms with van der Waals surface area (Å²) in [7, 11) is 0. The largest absolute Gasteiger partial charge is 0.478 e. The van der Waals surface area contributed by atoms with Gasteiger partial charge in [-0.2, -0.15) is 0 Å². The van der Waals surface area contributed by atoms with E-state index in [-0.39, 0.29) is 11.5 Å². The molecular weight excluding hydrogens is 376 g/mol. The molecule has 0 bridgehead atoms. The predicted octanol–water partition coefficient (Wildman–Crippen LogP) is 4.23. The zero-order valence-corrected chi connectivity index (χ0v) is 17.0. The lowest BCUT2D eigenvalue weighted by Gasteiger charge is -2.26. The summed E-state index contributed by atoms with van der Waals surface area (Å²) in [5.74, 6) is -0.538. The Morgan fingerprint density at radius 3 is 2.50 bits per heavy atom. The number of rotatable bonds is 5. The minimum Gasteiger partial charge on any atom is -0.478 e. The molecule has 0 amide bonds. The second-order valence-electron chi connectivity index (χ2n) is 8.53. The summed E-state index contributed by atoms with van der Waals surface area (Å²) in [6.07, 6.45) is 4.29. The molecule has 1 saturated heterocycles. The van der Waals surface area contributed by atoms with E-state index in [4.69, 9.17) is 5.11 Å². The first-order valence-corrected chi connectivity index (χ1v) is 10.8. The van der Waals surface area contributed by atoms with Crippen molar-refractivity contribution in [1.82, 2.24) is 9.47 Å². The molecule has 1 unspecified atom stereocenters. The fourth-order valence-electron chi connectivity index (χ4n) is 5.10. The van der Waals surface area contributed by atoms with Crippen LogP contribution in [0.25, 0.3) is 10.9 Å². The van der Waals surface area contributed by atoms with Crippen LogP contribution in [0, 0.1) is 5.92 Å². The lowest BCUT2D eigenvalue weighted by atomic mass is 9.84. The standard InChI is InChI=1S/C25H26N2O3/c28-24-19(16-26-13-3-4-14-26)11-12-22-23(24)20-5-1-2-6-21(20)27(22)15-17-7-9-18(10-8-17)25(29)30/h1-2,5-10,19H,3-4,11-16H2,(H,29,30). The molecule has 1 aliphatic carbocycles. The number of hydrogen-bond donors (Lipinski definition) is 1. The highest BCUT2D eigenvalue weighted by molar-refractivity contribution is 6.11. The van der Waals surface area contributed by atoms with E-state index in [0.29, 0.717) is 12.3 Å². The van der Waals surface area contributed by atoms with E-state index in [1.54, 1.807) is 12.1 Å². The molecule has 1 N–H and O–H groups in total. The number of aromatic carboxylic acids is 1. The lowest BCUT2D eigenvalue weighted by molar-refractivity contribution is 0.0696. The van der Waals surface area contributed by atoms with Crippen LogP contribution in [0.15, 0.2) is 48.5 Å². The summed E-state index contributed by atoms with van der Waals surface area (Å²) >= 11 is 0.